The minimum atomic E-state index is 0.642. The van der Waals surface area contributed by atoms with Crippen LogP contribution in [0.25, 0.3) is 10.4 Å². The fourth-order valence-electron chi connectivity index (χ4n) is 2.52. The largest absolute Gasteiger partial charge is 0.371 e. The molecule has 2 rings (SSSR count). The van der Waals surface area contributed by atoms with Crippen LogP contribution in [0.3, 0.4) is 0 Å². The molecule has 0 amide bonds. The molecule has 4 heteroatoms. The van der Waals surface area contributed by atoms with E-state index in [1.165, 1.54) is 30.5 Å². The van der Waals surface area contributed by atoms with Gasteiger partial charge in [0.25, 0.3) is 0 Å². The third-order valence-corrected chi connectivity index (χ3v) is 3.48. The number of anilines is 1. The van der Waals surface area contributed by atoms with Crippen LogP contribution in [0.5, 0.6) is 0 Å². The van der Waals surface area contributed by atoms with Gasteiger partial charge in [-0.15, -0.1) is 0 Å². The van der Waals surface area contributed by atoms with Crippen molar-refractivity contribution in [1.29, 1.82) is 0 Å². The van der Waals surface area contributed by atoms with Gasteiger partial charge in [-0.05, 0) is 36.4 Å². The first-order chi connectivity index (χ1) is 8.92. The van der Waals surface area contributed by atoms with Gasteiger partial charge in [0.05, 0.1) is 0 Å². The SMILES string of the molecule is [N-]=[N+]=NCCCCCCN1CCc2ccccc21. The normalized spacial score (nSPS) is 13.2. The van der Waals surface area contributed by atoms with Crippen LogP contribution in [0.1, 0.15) is 31.2 Å². The molecule has 0 fully saturated rings. The third kappa shape index (κ3) is 3.41. The molecular formula is C14H20N4. The Morgan fingerprint density at radius 2 is 2.00 bits per heavy atom. The van der Waals surface area contributed by atoms with E-state index in [9.17, 15) is 0 Å². The van der Waals surface area contributed by atoms with Crippen molar-refractivity contribution >= 4 is 5.69 Å². The topological polar surface area (TPSA) is 52.0 Å². The Morgan fingerprint density at radius 1 is 1.17 bits per heavy atom. The van der Waals surface area contributed by atoms with Gasteiger partial charge >= 0.3 is 0 Å². The lowest BCUT2D eigenvalue weighted by atomic mass is 10.1. The smallest absolute Gasteiger partial charge is 0.0399 e. The first-order valence-corrected chi connectivity index (χ1v) is 6.75. The number of nitrogens with zero attached hydrogens (tertiary/aromatic N) is 4. The van der Waals surface area contributed by atoms with Gasteiger partial charge in [0, 0.05) is 30.2 Å². The average Bonchev–Trinajstić information content (AvgIpc) is 2.81. The van der Waals surface area contributed by atoms with Crippen LogP contribution >= 0.6 is 0 Å². The van der Waals surface area contributed by atoms with Crippen molar-refractivity contribution in [3.05, 3.63) is 40.3 Å². The van der Waals surface area contributed by atoms with E-state index in [-0.39, 0.29) is 0 Å². The molecule has 0 atom stereocenters. The standard InChI is InChI=1S/C14H20N4/c15-17-16-10-5-1-2-6-11-18-12-9-13-7-3-4-8-14(13)18/h3-4,7-8H,1-2,5-6,9-12H2. The van der Waals surface area contributed by atoms with E-state index in [0.717, 1.165) is 25.9 Å². The van der Waals surface area contributed by atoms with Crippen molar-refractivity contribution in [2.45, 2.75) is 32.1 Å². The third-order valence-electron chi connectivity index (χ3n) is 3.48. The summed E-state index contributed by atoms with van der Waals surface area (Å²) in [7, 11) is 0. The summed E-state index contributed by atoms with van der Waals surface area (Å²) in [5, 5.41) is 3.55. The number of azide groups is 1. The van der Waals surface area contributed by atoms with Crippen molar-refractivity contribution in [2.75, 3.05) is 24.5 Å². The first kappa shape index (κ1) is 12.8. The number of hydrogen-bond acceptors (Lipinski definition) is 2. The maximum Gasteiger partial charge on any atom is 0.0399 e. The maximum atomic E-state index is 8.16. The van der Waals surface area contributed by atoms with Gasteiger partial charge in [0.2, 0.25) is 0 Å². The zero-order valence-corrected chi connectivity index (χ0v) is 10.8. The predicted molar refractivity (Wildman–Crippen MR) is 74.8 cm³/mol. The molecule has 1 heterocycles. The Kier molecular flexibility index (Phi) is 4.91. The molecule has 0 N–H and O–H groups in total. The molecule has 1 aromatic carbocycles. The lowest BCUT2D eigenvalue weighted by Gasteiger charge is -2.19. The minimum Gasteiger partial charge on any atom is -0.371 e. The molecule has 1 aliphatic rings. The monoisotopic (exact) mass is 244 g/mol. The van der Waals surface area contributed by atoms with E-state index in [2.05, 4.69) is 39.2 Å². The lowest BCUT2D eigenvalue weighted by Crippen LogP contribution is -2.21. The molecule has 1 aliphatic heterocycles. The maximum absolute atomic E-state index is 8.16. The highest BCUT2D eigenvalue weighted by atomic mass is 15.1. The summed E-state index contributed by atoms with van der Waals surface area (Å²) in [5.74, 6) is 0. The Labute approximate surface area is 108 Å². The second-order valence-corrected chi connectivity index (χ2v) is 4.73. The van der Waals surface area contributed by atoms with Gasteiger partial charge in [-0.25, -0.2) is 0 Å². The molecule has 18 heavy (non-hydrogen) atoms. The van der Waals surface area contributed by atoms with Crippen LogP contribution in [0.2, 0.25) is 0 Å². The number of rotatable bonds is 7. The molecule has 0 radical (unpaired) electrons. The minimum absolute atomic E-state index is 0.642. The van der Waals surface area contributed by atoms with Crippen molar-refractivity contribution in [3.63, 3.8) is 0 Å². The van der Waals surface area contributed by atoms with E-state index in [0.29, 0.717) is 6.54 Å². The van der Waals surface area contributed by atoms with Crippen molar-refractivity contribution in [1.82, 2.24) is 0 Å². The highest BCUT2D eigenvalue weighted by Gasteiger charge is 2.16. The second kappa shape index (κ2) is 6.92. The fourth-order valence-corrected chi connectivity index (χ4v) is 2.52. The van der Waals surface area contributed by atoms with E-state index >= 15 is 0 Å². The summed E-state index contributed by atoms with van der Waals surface area (Å²) in [5.41, 5.74) is 11.1. The predicted octanol–water partition coefficient (Wildman–Crippen LogP) is 3.92. The van der Waals surface area contributed by atoms with Crippen LogP contribution < -0.4 is 4.90 Å². The highest BCUT2D eigenvalue weighted by Crippen LogP contribution is 2.27. The zero-order valence-electron chi connectivity index (χ0n) is 10.8. The van der Waals surface area contributed by atoms with E-state index in [4.69, 9.17) is 5.53 Å². The first-order valence-electron chi connectivity index (χ1n) is 6.75. The van der Waals surface area contributed by atoms with E-state index < -0.39 is 0 Å². The zero-order chi connectivity index (χ0) is 12.6. The van der Waals surface area contributed by atoms with Crippen molar-refractivity contribution in [3.8, 4) is 0 Å². The Hall–Kier alpha value is -1.67. The number of unbranched alkanes of at least 4 members (excludes halogenated alkanes) is 3. The Morgan fingerprint density at radius 3 is 2.89 bits per heavy atom. The van der Waals surface area contributed by atoms with E-state index in [1.807, 2.05) is 0 Å². The summed E-state index contributed by atoms with van der Waals surface area (Å²) in [6.45, 7) is 2.96. The molecule has 0 saturated heterocycles. The quantitative estimate of drug-likeness (QED) is 0.310. The van der Waals surface area contributed by atoms with Crippen LogP contribution in [0.4, 0.5) is 5.69 Å². The summed E-state index contributed by atoms with van der Waals surface area (Å²) < 4.78 is 0. The molecule has 1 aromatic rings. The average molecular weight is 244 g/mol. The van der Waals surface area contributed by atoms with Crippen LogP contribution in [0.15, 0.2) is 29.4 Å². The molecule has 0 spiro atoms. The van der Waals surface area contributed by atoms with Gasteiger partial charge in [0.15, 0.2) is 0 Å². The fraction of sp³-hybridized carbons (Fsp3) is 0.571. The lowest BCUT2D eigenvalue weighted by molar-refractivity contribution is 0.634. The molecule has 0 unspecified atom stereocenters. The molecule has 0 bridgehead atoms. The number of para-hydroxylation sites is 1. The number of fused-ring (bicyclic) bond motifs is 1. The number of hydrogen-bond donors (Lipinski definition) is 0. The van der Waals surface area contributed by atoms with E-state index in [1.54, 1.807) is 0 Å². The number of benzene rings is 1. The van der Waals surface area contributed by atoms with Crippen molar-refractivity contribution in [2.24, 2.45) is 5.11 Å². The van der Waals surface area contributed by atoms with Gasteiger partial charge in [-0.2, -0.15) is 0 Å². The summed E-state index contributed by atoms with van der Waals surface area (Å²) in [6.07, 6.45) is 5.81. The Balaban J connectivity index is 1.65. The second-order valence-electron chi connectivity index (χ2n) is 4.73. The molecule has 0 aliphatic carbocycles. The van der Waals surface area contributed by atoms with Gasteiger partial charge in [0.1, 0.15) is 0 Å². The van der Waals surface area contributed by atoms with Gasteiger partial charge < -0.3 is 4.90 Å². The molecule has 0 saturated carbocycles. The van der Waals surface area contributed by atoms with Crippen LogP contribution in [-0.4, -0.2) is 19.6 Å². The molecule has 0 aromatic heterocycles. The van der Waals surface area contributed by atoms with Gasteiger partial charge in [-0.1, -0.05) is 36.2 Å². The summed E-state index contributed by atoms with van der Waals surface area (Å²) >= 11 is 0. The summed E-state index contributed by atoms with van der Waals surface area (Å²) in [4.78, 5) is 5.25. The molecule has 4 nitrogen and oxygen atoms in total. The van der Waals surface area contributed by atoms with Crippen LogP contribution in [-0.2, 0) is 6.42 Å². The Bertz CT molecular complexity index is 424. The van der Waals surface area contributed by atoms with Crippen LogP contribution in [0, 0.1) is 0 Å². The van der Waals surface area contributed by atoms with Crippen molar-refractivity contribution < 1.29 is 0 Å². The summed E-state index contributed by atoms with van der Waals surface area (Å²) in [6, 6.07) is 8.70. The molecule has 96 valence electrons. The highest BCUT2D eigenvalue weighted by molar-refractivity contribution is 5.57. The van der Waals surface area contributed by atoms with Gasteiger partial charge in [-0.3, -0.25) is 0 Å². The molecular weight excluding hydrogens is 224 g/mol.